The molecule has 2 aromatic carbocycles. The Morgan fingerprint density at radius 2 is 1.79 bits per heavy atom. The molecule has 1 aromatic heterocycles. The quantitative estimate of drug-likeness (QED) is 0.363. The number of imide groups is 2. The summed E-state index contributed by atoms with van der Waals surface area (Å²) in [6, 6.07) is 14.8. The molecule has 1 N–H and O–H groups in total. The van der Waals surface area contributed by atoms with Gasteiger partial charge in [0, 0.05) is 23.0 Å². The van der Waals surface area contributed by atoms with Gasteiger partial charge in [-0.25, -0.2) is 9.69 Å². The van der Waals surface area contributed by atoms with Gasteiger partial charge in [-0.05, 0) is 54.5 Å². The average molecular weight is 498 g/mol. The van der Waals surface area contributed by atoms with Gasteiger partial charge in [-0.15, -0.1) is 0 Å². The Hall–Kier alpha value is -3.55. The Morgan fingerprint density at radius 3 is 2.53 bits per heavy atom. The van der Waals surface area contributed by atoms with Gasteiger partial charge in [0.1, 0.15) is 17.9 Å². The third-order valence-electron chi connectivity index (χ3n) is 5.34. The van der Waals surface area contributed by atoms with Crippen LogP contribution in [0.3, 0.4) is 0 Å². The van der Waals surface area contributed by atoms with Gasteiger partial charge in [0.05, 0.1) is 17.3 Å². The first-order valence-electron chi connectivity index (χ1n) is 10.6. The number of carbonyl (C=O) groups excluding carboxylic acids is 3. The van der Waals surface area contributed by atoms with Gasteiger partial charge in [-0.3, -0.25) is 14.9 Å². The van der Waals surface area contributed by atoms with Crippen LogP contribution in [0.5, 0.6) is 5.75 Å². The number of aromatic nitrogens is 1. The van der Waals surface area contributed by atoms with E-state index in [9.17, 15) is 14.4 Å². The number of nitrogens with zero attached hydrogens (tertiary/aromatic N) is 2. The molecule has 3 aromatic rings. The van der Waals surface area contributed by atoms with Crippen LogP contribution in [0.4, 0.5) is 10.5 Å². The summed E-state index contributed by atoms with van der Waals surface area (Å²) >= 11 is 12.1. The van der Waals surface area contributed by atoms with Gasteiger partial charge in [0.2, 0.25) is 0 Å². The highest BCUT2D eigenvalue weighted by Crippen LogP contribution is 2.28. The van der Waals surface area contributed by atoms with Crippen molar-refractivity contribution in [2.24, 2.45) is 0 Å². The molecule has 0 atom stereocenters. The average Bonchev–Trinajstić information content (AvgIpc) is 3.26. The number of anilines is 1. The second-order valence-electron chi connectivity index (χ2n) is 7.53. The lowest BCUT2D eigenvalue weighted by molar-refractivity contribution is -0.122. The predicted molar refractivity (Wildman–Crippen MR) is 131 cm³/mol. The third-order valence-corrected chi connectivity index (χ3v) is 5.89. The summed E-state index contributed by atoms with van der Waals surface area (Å²) in [5.74, 6) is -0.967. The highest BCUT2D eigenvalue weighted by molar-refractivity contribution is 6.39. The number of nitrogens with one attached hydrogen (secondary N) is 1. The molecule has 0 radical (unpaired) electrons. The molecule has 34 heavy (non-hydrogen) atoms. The molecule has 1 aliphatic heterocycles. The zero-order valence-corrected chi connectivity index (χ0v) is 19.8. The summed E-state index contributed by atoms with van der Waals surface area (Å²) in [5.41, 5.74) is 1.92. The molecule has 1 saturated heterocycles. The number of hydrogen-bond donors (Lipinski definition) is 1. The van der Waals surface area contributed by atoms with Gasteiger partial charge in [0.25, 0.3) is 11.8 Å². The van der Waals surface area contributed by atoms with E-state index >= 15 is 0 Å². The maximum absolute atomic E-state index is 13.1. The fraction of sp³-hybridized carbons (Fsp3) is 0.160. The fourth-order valence-electron chi connectivity index (χ4n) is 3.52. The van der Waals surface area contributed by atoms with E-state index < -0.39 is 17.8 Å². The van der Waals surface area contributed by atoms with Crippen molar-refractivity contribution in [3.05, 3.63) is 87.7 Å². The summed E-state index contributed by atoms with van der Waals surface area (Å²) < 4.78 is 7.55. The van der Waals surface area contributed by atoms with Gasteiger partial charge in [-0.2, -0.15) is 0 Å². The fourth-order valence-corrected chi connectivity index (χ4v) is 3.86. The van der Waals surface area contributed by atoms with E-state index in [0.29, 0.717) is 33.7 Å². The number of aryl methyl sites for hydroxylation is 1. The number of rotatable bonds is 7. The molecule has 0 spiro atoms. The van der Waals surface area contributed by atoms with Crippen molar-refractivity contribution in [1.82, 2.24) is 9.88 Å². The molecule has 0 aliphatic carbocycles. The van der Waals surface area contributed by atoms with E-state index in [4.69, 9.17) is 27.9 Å². The number of halogens is 2. The lowest BCUT2D eigenvalue weighted by Gasteiger charge is -2.26. The second-order valence-corrected chi connectivity index (χ2v) is 8.37. The second kappa shape index (κ2) is 10.2. The minimum atomic E-state index is -0.779. The molecular formula is C25H21Cl2N3O4. The van der Waals surface area contributed by atoms with E-state index in [1.165, 1.54) is 6.08 Å². The van der Waals surface area contributed by atoms with Crippen molar-refractivity contribution in [2.45, 2.75) is 19.9 Å². The molecule has 174 valence electrons. The standard InChI is InChI=1S/C25H21Cl2N3O4/c1-2-16-5-8-18(9-6-16)30-24(32)20(23(31)28-25(30)33)15-19-4-3-11-29(19)12-13-34-22-14-17(26)7-10-21(22)27/h3-11,14-15H,2,12-13H2,1H3,(H,28,31,33). The van der Waals surface area contributed by atoms with Crippen molar-refractivity contribution in [2.75, 3.05) is 11.5 Å². The monoisotopic (exact) mass is 497 g/mol. The van der Waals surface area contributed by atoms with Crippen LogP contribution in [-0.4, -0.2) is 29.0 Å². The van der Waals surface area contributed by atoms with Gasteiger partial charge >= 0.3 is 6.03 Å². The first-order chi connectivity index (χ1) is 16.4. The molecule has 4 amide bonds. The number of amides is 4. The first-order valence-corrected chi connectivity index (χ1v) is 11.4. The van der Waals surface area contributed by atoms with Crippen LogP contribution in [-0.2, 0) is 22.6 Å². The van der Waals surface area contributed by atoms with E-state index in [1.54, 1.807) is 48.7 Å². The Morgan fingerprint density at radius 1 is 1.03 bits per heavy atom. The summed E-state index contributed by atoms with van der Waals surface area (Å²) in [6.07, 6.45) is 4.09. The Labute approximate surface area is 206 Å². The number of barbiturate groups is 1. The van der Waals surface area contributed by atoms with Crippen LogP contribution in [0.15, 0.2) is 66.4 Å². The third kappa shape index (κ3) is 5.00. The van der Waals surface area contributed by atoms with Crippen molar-refractivity contribution < 1.29 is 19.1 Å². The molecule has 0 bridgehead atoms. The highest BCUT2D eigenvalue weighted by atomic mass is 35.5. The van der Waals surface area contributed by atoms with Crippen molar-refractivity contribution >= 4 is 52.8 Å². The zero-order chi connectivity index (χ0) is 24.2. The molecule has 2 heterocycles. The number of carbonyl (C=O) groups is 3. The molecule has 0 saturated carbocycles. The lowest BCUT2D eigenvalue weighted by Crippen LogP contribution is -2.54. The van der Waals surface area contributed by atoms with Crippen LogP contribution in [0.2, 0.25) is 10.0 Å². The highest BCUT2D eigenvalue weighted by Gasteiger charge is 2.36. The molecule has 4 rings (SSSR count). The number of hydrogen-bond acceptors (Lipinski definition) is 4. The van der Waals surface area contributed by atoms with Crippen LogP contribution in [0.1, 0.15) is 18.2 Å². The summed E-state index contributed by atoms with van der Waals surface area (Å²) in [7, 11) is 0. The molecule has 0 unspecified atom stereocenters. The van der Waals surface area contributed by atoms with E-state index in [1.807, 2.05) is 23.6 Å². The normalized spacial score (nSPS) is 15.1. The summed E-state index contributed by atoms with van der Waals surface area (Å²) in [5, 5.41) is 3.20. The lowest BCUT2D eigenvalue weighted by atomic mass is 10.1. The molecule has 9 heteroatoms. The van der Waals surface area contributed by atoms with Crippen LogP contribution < -0.4 is 15.0 Å². The number of ether oxygens (including phenoxy) is 1. The predicted octanol–water partition coefficient (Wildman–Crippen LogP) is 5.10. The van der Waals surface area contributed by atoms with E-state index in [2.05, 4.69) is 5.32 Å². The Bertz CT molecular complexity index is 1280. The minimum Gasteiger partial charge on any atom is -0.490 e. The zero-order valence-electron chi connectivity index (χ0n) is 18.3. The van der Waals surface area contributed by atoms with Crippen LogP contribution in [0.25, 0.3) is 6.08 Å². The Kier molecular flexibility index (Phi) is 7.05. The van der Waals surface area contributed by atoms with Crippen LogP contribution in [0, 0.1) is 0 Å². The van der Waals surface area contributed by atoms with Crippen molar-refractivity contribution in [1.29, 1.82) is 0 Å². The Balaban J connectivity index is 1.53. The number of urea groups is 1. The topological polar surface area (TPSA) is 80.6 Å². The minimum absolute atomic E-state index is 0.141. The summed E-state index contributed by atoms with van der Waals surface area (Å²) in [4.78, 5) is 39.0. The van der Waals surface area contributed by atoms with E-state index in [-0.39, 0.29) is 12.2 Å². The van der Waals surface area contributed by atoms with Crippen LogP contribution >= 0.6 is 23.2 Å². The smallest absolute Gasteiger partial charge is 0.335 e. The first kappa shape index (κ1) is 23.6. The summed E-state index contributed by atoms with van der Waals surface area (Å²) in [6.45, 7) is 2.71. The van der Waals surface area contributed by atoms with Gasteiger partial charge < -0.3 is 9.30 Å². The van der Waals surface area contributed by atoms with Gasteiger partial charge in [-0.1, -0.05) is 42.3 Å². The maximum Gasteiger partial charge on any atom is 0.335 e. The maximum atomic E-state index is 13.1. The SMILES string of the molecule is CCc1ccc(N2C(=O)NC(=O)C(=Cc3cccn3CCOc3cc(Cl)ccc3Cl)C2=O)cc1. The molecule has 1 aliphatic rings. The molecular weight excluding hydrogens is 477 g/mol. The van der Waals surface area contributed by atoms with Crippen molar-refractivity contribution in [3.8, 4) is 5.75 Å². The molecule has 1 fully saturated rings. The van der Waals surface area contributed by atoms with Gasteiger partial charge in [0.15, 0.2) is 0 Å². The molecule has 7 nitrogen and oxygen atoms in total. The van der Waals surface area contributed by atoms with Crippen molar-refractivity contribution in [3.63, 3.8) is 0 Å². The number of benzene rings is 2. The largest absolute Gasteiger partial charge is 0.490 e. The van der Waals surface area contributed by atoms with E-state index in [0.717, 1.165) is 16.9 Å².